The van der Waals surface area contributed by atoms with Gasteiger partial charge in [-0.25, -0.2) is 4.79 Å². The van der Waals surface area contributed by atoms with Crippen molar-refractivity contribution in [3.63, 3.8) is 0 Å². The quantitative estimate of drug-likeness (QED) is 0.0166. The van der Waals surface area contributed by atoms with Crippen molar-refractivity contribution in [2.75, 3.05) is 58.9 Å². The number of aromatic amines is 1. The molecule has 1 aromatic heterocycles. The normalized spacial score (nSPS) is 16.4. The zero-order chi connectivity index (χ0) is 91.7. The van der Waals surface area contributed by atoms with Gasteiger partial charge in [0.05, 0.1) is 26.1 Å². The van der Waals surface area contributed by atoms with Gasteiger partial charge in [0.25, 0.3) is 0 Å². The molecule has 0 radical (unpaired) electrons. The summed E-state index contributed by atoms with van der Waals surface area (Å²) < 4.78 is 0. The van der Waals surface area contributed by atoms with Crippen LogP contribution in [0.2, 0.25) is 0 Å². The molecule has 30 N–H and O–H groups in total. The Morgan fingerprint density at radius 2 is 0.919 bits per heavy atom. The van der Waals surface area contributed by atoms with E-state index in [0.29, 0.717) is 61.4 Å². The molecule has 44 heteroatoms. The maximum Gasteiger partial charge on any atom is 0.326 e. The van der Waals surface area contributed by atoms with Crippen molar-refractivity contribution in [3.8, 4) is 0 Å². The van der Waals surface area contributed by atoms with Gasteiger partial charge in [0.1, 0.15) is 78.5 Å². The Bertz CT molecular complexity index is 3990. The number of rotatable bonds is 56. The standard InChI is InChI=1S/C79H130N24O20/c1-42(2)35-54(99-75(119)64(43(3)4)101-76(120)65(44(5)6)100-73(117)56(37-59(84)104)98-68(112)50(24-16-32-87-79(85)86)92-61(106)41-89-66(110)49(21-10-13-29-80)96-74(118)57-25-17-33-102(57)62(107)38-83)72(116)95-53(27-28-63(108)109)71(115)94-51(22-11-14-30-81)69(113)93-52(23-12-15-31-82)70(114)97-55(36-46-39-88-48-20-9-8-19-47(46)48)67(111)90-40-60(105)91-45(7)77(121)103-34-18-26-58(103)78(122)123/h8-9,19-20,39,42-45,49-58,64-65,88H,10-18,21-38,40-41,80-83H2,1-7H3,(H2,84,104)(H,89,110)(H,90,111)(H,91,105)(H,92,106)(H,93,113)(H,94,115)(H,95,116)(H,96,118)(H,97,114)(H,98,112)(H,99,119)(H,100,117)(H,101,120)(H,108,109)(H,122,123)(H4,85,86,87)/t45-,49-,50-,51-,52-,53-,54-,55-,56-,57-,58-,64-,65-/m0/s1. The van der Waals surface area contributed by atoms with E-state index in [1.165, 1.54) is 25.7 Å². The number of likely N-dealkylation sites (tertiary alicyclic amines) is 2. The second-order valence-electron chi connectivity index (χ2n) is 31.8. The number of carbonyl (C=O) groups excluding carboxylic acids is 16. The summed E-state index contributed by atoms with van der Waals surface area (Å²) >= 11 is 0. The lowest BCUT2D eigenvalue weighted by atomic mass is 9.97. The number of hydrogen-bond donors (Lipinski definition) is 23. The van der Waals surface area contributed by atoms with Gasteiger partial charge in [-0.05, 0) is 165 Å². The zero-order valence-corrected chi connectivity index (χ0v) is 71.3. The summed E-state index contributed by atoms with van der Waals surface area (Å²) in [5.74, 6) is -19.0. The Kier molecular flexibility index (Phi) is 44.9. The van der Waals surface area contributed by atoms with Gasteiger partial charge in [-0.3, -0.25) is 86.5 Å². The first-order chi connectivity index (χ1) is 58.2. The Morgan fingerprint density at radius 1 is 0.480 bits per heavy atom. The van der Waals surface area contributed by atoms with Crippen LogP contribution in [-0.4, -0.2) is 275 Å². The first-order valence-electron chi connectivity index (χ1n) is 41.9. The fraction of sp³-hybridized carbons (Fsp3) is 0.658. The number of aliphatic imine (C=N–C) groups is 1. The summed E-state index contributed by atoms with van der Waals surface area (Å²) in [6, 6.07) is -11.2. The topological polar surface area (TPSA) is 721 Å². The molecule has 13 atom stereocenters. The number of hydrogen-bond acceptors (Lipinski definition) is 23. The van der Waals surface area contributed by atoms with Crippen LogP contribution in [0.1, 0.15) is 176 Å². The molecule has 3 heterocycles. The lowest BCUT2D eigenvalue weighted by molar-refractivity contribution is -0.149. The second-order valence-corrected chi connectivity index (χ2v) is 31.8. The van der Waals surface area contributed by atoms with Crippen LogP contribution >= 0.6 is 0 Å². The van der Waals surface area contributed by atoms with Crippen molar-refractivity contribution >= 4 is 123 Å². The third kappa shape index (κ3) is 35.4. The van der Waals surface area contributed by atoms with Gasteiger partial charge >= 0.3 is 11.9 Å². The highest BCUT2D eigenvalue weighted by Crippen LogP contribution is 2.23. The lowest BCUT2D eigenvalue weighted by Crippen LogP contribution is -2.62. The minimum atomic E-state index is -1.82. The fourth-order valence-corrected chi connectivity index (χ4v) is 14.1. The van der Waals surface area contributed by atoms with Crippen LogP contribution in [0, 0.1) is 17.8 Å². The van der Waals surface area contributed by atoms with E-state index in [1.54, 1.807) is 58.2 Å². The number of carboxylic acid groups (broad SMARTS) is 2. The highest BCUT2D eigenvalue weighted by molar-refractivity contribution is 6.01. The number of nitrogens with one attached hydrogen (secondary N) is 14. The number of nitrogens with zero attached hydrogens (tertiary/aromatic N) is 3. The minimum Gasteiger partial charge on any atom is -0.481 e. The van der Waals surface area contributed by atoms with E-state index in [4.69, 9.17) is 40.1 Å². The number of amides is 16. The molecule has 16 amide bonds. The number of carbonyl (C=O) groups is 18. The fourth-order valence-electron chi connectivity index (χ4n) is 14.1. The van der Waals surface area contributed by atoms with Crippen molar-refractivity contribution in [1.29, 1.82) is 0 Å². The van der Waals surface area contributed by atoms with Crippen molar-refractivity contribution < 1.29 is 96.5 Å². The van der Waals surface area contributed by atoms with Crippen LogP contribution in [0.3, 0.4) is 0 Å². The Balaban J connectivity index is 1.55. The Hall–Kier alpha value is -11.7. The third-order valence-corrected chi connectivity index (χ3v) is 20.7. The monoisotopic (exact) mass is 1730 g/mol. The maximum atomic E-state index is 14.7. The first-order valence-corrected chi connectivity index (χ1v) is 41.9. The zero-order valence-electron chi connectivity index (χ0n) is 71.3. The molecule has 0 saturated carbocycles. The molecule has 4 rings (SSSR count). The molecule has 44 nitrogen and oxygen atoms in total. The molecule has 2 fully saturated rings. The van der Waals surface area contributed by atoms with Gasteiger partial charge in [0.2, 0.25) is 94.5 Å². The number of para-hydroxylation sites is 1. The molecule has 0 aliphatic carbocycles. The van der Waals surface area contributed by atoms with Crippen molar-refractivity contribution in [1.82, 2.24) is 83.9 Å². The number of carboxylic acids is 2. The van der Waals surface area contributed by atoms with Gasteiger partial charge < -0.3 is 134 Å². The first kappa shape index (κ1) is 104. The van der Waals surface area contributed by atoms with E-state index in [1.807, 2.05) is 0 Å². The molecule has 0 spiro atoms. The molecule has 2 saturated heterocycles. The molecule has 686 valence electrons. The summed E-state index contributed by atoms with van der Waals surface area (Å²) in [4.78, 5) is 257. The number of aliphatic carboxylic acids is 2. The smallest absolute Gasteiger partial charge is 0.326 e. The molecule has 2 aromatic rings. The van der Waals surface area contributed by atoms with Crippen LogP contribution in [0.4, 0.5) is 0 Å². The van der Waals surface area contributed by atoms with E-state index in [2.05, 4.69) is 79.1 Å². The summed E-state index contributed by atoms with van der Waals surface area (Å²) in [5.41, 5.74) is 40.9. The summed E-state index contributed by atoms with van der Waals surface area (Å²) in [7, 11) is 0. The molecular weight excluding hydrogens is 1610 g/mol. The second kappa shape index (κ2) is 53.3. The molecular formula is C79H130N24O20. The van der Waals surface area contributed by atoms with E-state index in [-0.39, 0.29) is 122 Å². The SMILES string of the molecule is CC(C)C[C@H](NC(=O)[C@@H](NC(=O)[C@@H](NC(=O)[C@H](CC(N)=O)NC(=O)[C@H](CCCN=C(N)N)NC(=O)CNC(=O)[C@H](CCCCN)NC(=O)[C@@H]1CCCN1C(=O)CN)C(C)C)C(C)C)C(=O)N[C@@H](CCC(=O)O)C(=O)N[C@@H](CCCCN)C(=O)N[C@@H](CCCCN)C(=O)N[C@@H](Cc1c[nH]c2ccccc12)C(=O)NCC(=O)N[C@@H](C)C(=O)N1CCC[C@H]1C(=O)O. The number of nitrogens with two attached hydrogens (primary N) is 7. The van der Waals surface area contributed by atoms with Crippen LogP contribution in [0.15, 0.2) is 35.5 Å². The predicted octanol–water partition coefficient (Wildman–Crippen LogP) is -6.14. The Labute approximate surface area is 714 Å². The number of fused-ring (bicyclic) bond motifs is 1. The van der Waals surface area contributed by atoms with Gasteiger partial charge in [-0.2, -0.15) is 0 Å². The number of primary amides is 1. The van der Waals surface area contributed by atoms with E-state index < -0.39 is 229 Å². The minimum absolute atomic E-state index is 0.0410. The van der Waals surface area contributed by atoms with Gasteiger partial charge in [-0.15, -0.1) is 0 Å². The van der Waals surface area contributed by atoms with Crippen LogP contribution < -0.4 is 109 Å². The maximum absolute atomic E-state index is 14.7. The Morgan fingerprint density at radius 3 is 1.42 bits per heavy atom. The lowest BCUT2D eigenvalue weighted by Gasteiger charge is -2.30. The van der Waals surface area contributed by atoms with E-state index >= 15 is 0 Å². The highest BCUT2D eigenvalue weighted by Gasteiger charge is 2.41. The van der Waals surface area contributed by atoms with Crippen LogP contribution in [0.25, 0.3) is 10.9 Å². The number of unbranched alkanes of at least 4 members (excludes halogenated alkanes) is 3. The summed E-state index contributed by atoms with van der Waals surface area (Å²) in [5, 5.41) is 53.6. The van der Waals surface area contributed by atoms with E-state index in [0.717, 1.165) is 4.90 Å². The van der Waals surface area contributed by atoms with Crippen molar-refractivity contribution in [2.45, 2.75) is 255 Å². The average Bonchev–Trinajstić information content (AvgIpc) is 1.71. The number of guanidine groups is 1. The van der Waals surface area contributed by atoms with Crippen LogP contribution in [0.5, 0.6) is 0 Å². The molecule has 1 aromatic carbocycles. The largest absolute Gasteiger partial charge is 0.481 e. The average molecular weight is 1740 g/mol. The van der Waals surface area contributed by atoms with Crippen molar-refractivity contribution in [3.05, 3.63) is 36.0 Å². The van der Waals surface area contributed by atoms with Crippen molar-refractivity contribution in [2.24, 2.45) is 62.9 Å². The number of benzene rings is 1. The predicted molar refractivity (Wildman–Crippen MR) is 450 cm³/mol. The van der Waals surface area contributed by atoms with Gasteiger partial charge in [-0.1, -0.05) is 59.7 Å². The van der Waals surface area contributed by atoms with Crippen LogP contribution in [-0.2, 0) is 92.7 Å². The van der Waals surface area contributed by atoms with E-state index in [9.17, 15) is 96.5 Å². The number of H-pyrrole nitrogens is 1. The number of aromatic nitrogens is 1. The molecule has 2 aliphatic heterocycles. The third-order valence-electron chi connectivity index (χ3n) is 20.7. The summed E-state index contributed by atoms with van der Waals surface area (Å²) in [6.45, 7) is 10.1. The highest BCUT2D eigenvalue weighted by atomic mass is 16.4. The van der Waals surface area contributed by atoms with Gasteiger partial charge in [0.15, 0.2) is 5.96 Å². The molecule has 2 aliphatic rings. The molecule has 123 heavy (non-hydrogen) atoms. The van der Waals surface area contributed by atoms with Gasteiger partial charge in [0, 0.05) is 49.6 Å². The molecule has 0 unspecified atom stereocenters. The summed E-state index contributed by atoms with van der Waals surface area (Å²) in [6.07, 6.45) is 2.51. The molecule has 0 bridgehead atoms.